The fraction of sp³-hybridized carbons (Fsp3) is 0.227. The zero-order valence-electron chi connectivity index (χ0n) is 16.3. The van der Waals surface area contributed by atoms with Crippen molar-refractivity contribution in [1.29, 1.82) is 0 Å². The van der Waals surface area contributed by atoms with E-state index in [1.807, 2.05) is 48.5 Å². The van der Waals surface area contributed by atoms with Crippen molar-refractivity contribution in [1.82, 2.24) is 9.88 Å². The van der Waals surface area contributed by atoms with Gasteiger partial charge in [-0.2, -0.15) is 0 Å². The molecule has 2 aromatic carbocycles. The van der Waals surface area contributed by atoms with E-state index in [1.54, 1.807) is 12.3 Å². The van der Waals surface area contributed by atoms with E-state index in [0.29, 0.717) is 16.9 Å². The fourth-order valence-corrected chi connectivity index (χ4v) is 3.39. The maximum atomic E-state index is 12.3. The molecule has 0 bridgehead atoms. The van der Waals surface area contributed by atoms with Crippen LogP contribution in [0, 0.1) is 0 Å². The van der Waals surface area contributed by atoms with E-state index in [2.05, 4.69) is 32.5 Å². The number of benzene rings is 2. The zero-order valence-corrected chi connectivity index (χ0v) is 16.3. The first-order chi connectivity index (χ1) is 14.1. The Hall–Kier alpha value is -3.45. The largest absolute Gasteiger partial charge is 0.369 e. The summed E-state index contributed by atoms with van der Waals surface area (Å²) < 4.78 is 0. The highest BCUT2D eigenvalue weighted by Crippen LogP contribution is 2.21. The normalized spacial score (nSPS) is 14.6. The van der Waals surface area contributed by atoms with Crippen molar-refractivity contribution < 1.29 is 9.59 Å². The summed E-state index contributed by atoms with van der Waals surface area (Å²) in [5.41, 5.74) is 2.85. The number of nitrogens with one attached hydrogen (secondary N) is 2. The average Bonchev–Trinajstić information content (AvgIpc) is 2.75. The van der Waals surface area contributed by atoms with Crippen LogP contribution in [0.5, 0.6) is 0 Å². The highest BCUT2D eigenvalue weighted by atomic mass is 16.2. The van der Waals surface area contributed by atoms with Gasteiger partial charge in [-0.15, -0.1) is 0 Å². The molecule has 0 aliphatic carbocycles. The third kappa shape index (κ3) is 4.35. The molecule has 1 aromatic heterocycles. The molecular formula is C22H23N5O2. The number of hydrogen-bond donors (Lipinski definition) is 2. The minimum absolute atomic E-state index is 0.508. The quantitative estimate of drug-likeness (QED) is 0.674. The van der Waals surface area contributed by atoms with Crippen molar-refractivity contribution in [2.75, 3.05) is 48.8 Å². The zero-order chi connectivity index (χ0) is 20.2. The summed E-state index contributed by atoms with van der Waals surface area (Å²) in [5.74, 6) is -1.45. The number of carbonyl (C=O) groups is 2. The van der Waals surface area contributed by atoms with Crippen LogP contribution in [0.3, 0.4) is 0 Å². The van der Waals surface area contributed by atoms with Gasteiger partial charge in [0.1, 0.15) is 0 Å². The maximum Gasteiger partial charge on any atom is 0.314 e. The summed E-state index contributed by atoms with van der Waals surface area (Å²) in [6, 6.07) is 16.7. The number of likely N-dealkylation sites (N-methyl/N-ethyl adjacent to an activating group) is 1. The van der Waals surface area contributed by atoms with E-state index in [4.69, 9.17) is 0 Å². The lowest BCUT2D eigenvalue weighted by molar-refractivity contribution is -0.132. The smallest absolute Gasteiger partial charge is 0.314 e. The van der Waals surface area contributed by atoms with Gasteiger partial charge in [0.05, 0.1) is 11.2 Å². The second-order valence-electron chi connectivity index (χ2n) is 7.13. The Balaban J connectivity index is 1.39. The molecule has 0 spiro atoms. The van der Waals surface area contributed by atoms with E-state index in [9.17, 15) is 9.59 Å². The molecule has 2 amide bonds. The number of pyridine rings is 1. The van der Waals surface area contributed by atoms with Crippen LogP contribution in [-0.4, -0.2) is 54.9 Å². The molecule has 1 aliphatic heterocycles. The van der Waals surface area contributed by atoms with Gasteiger partial charge in [0.25, 0.3) is 0 Å². The number of para-hydroxylation sites is 1. The first kappa shape index (κ1) is 18.9. The van der Waals surface area contributed by atoms with Crippen LogP contribution in [0.25, 0.3) is 10.9 Å². The molecule has 7 heteroatoms. The number of hydrogen-bond acceptors (Lipinski definition) is 5. The number of carbonyl (C=O) groups excluding carboxylic acids is 2. The molecule has 1 aliphatic rings. The molecule has 0 atom stereocenters. The predicted molar refractivity (Wildman–Crippen MR) is 115 cm³/mol. The number of nitrogens with zero attached hydrogens (tertiary/aromatic N) is 3. The van der Waals surface area contributed by atoms with Gasteiger partial charge in [0.2, 0.25) is 0 Å². The van der Waals surface area contributed by atoms with Gasteiger partial charge in [-0.3, -0.25) is 14.6 Å². The average molecular weight is 389 g/mol. The minimum Gasteiger partial charge on any atom is -0.369 e. The maximum absolute atomic E-state index is 12.3. The van der Waals surface area contributed by atoms with Crippen LogP contribution in [0.15, 0.2) is 60.8 Å². The SMILES string of the molecule is CN1CCN(c2ccc(NC(=O)C(=O)Nc3cccc4cccnc34)cc2)CC1. The number of piperazine rings is 1. The van der Waals surface area contributed by atoms with E-state index in [0.717, 1.165) is 37.3 Å². The molecule has 0 unspecified atom stereocenters. The van der Waals surface area contributed by atoms with Crippen molar-refractivity contribution >= 4 is 39.8 Å². The second-order valence-corrected chi connectivity index (χ2v) is 7.13. The Morgan fingerprint density at radius 1 is 0.862 bits per heavy atom. The summed E-state index contributed by atoms with van der Waals surface area (Å²) in [5, 5.41) is 6.19. The molecular weight excluding hydrogens is 366 g/mol. The fourth-order valence-electron chi connectivity index (χ4n) is 3.39. The van der Waals surface area contributed by atoms with E-state index < -0.39 is 11.8 Å². The summed E-state index contributed by atoms with van der Waals surface area (Å²) in [6.45, 7) is 4.01. The van der Waals surface area contributed by atoms with Crippen LogP contribution >= 0.6 is 0 Å². The van der Waals surface area contributed by atoms with Crippen molar-refractivity contribution in [3.05, 3.63) is 60.8 Å². The lowest BCUT2D eigenvalue weighted by Crippen LogP contribution is -2.44. The summed E-state index contributed by atoms with van der Waals surface area (Å²) in [7, 11) is 2.12. The number of anilines is 3. The molecule has 3 aromatic rings. The van der Waals surface area contributed by atoms with Gasteiger partial charge in [-0.05, 0) is 43.4 Å². The Labute approximate surface area is 169 Å². The number of rotatable bonds is 3. The second kappa shape index (κ2) is 8.28. The highest BCUT2D eigenvalue weighted by Gasteiger charge is 2.17. The van der Waals surface area contributed by atoms with Crippen molar-refractivity contribution in [3.8, 4) is 0 Å². The van der Waals surface area contributed by atoms with Crippen LogP contribution in [0.4, 0.5) is 17.1 Å². The number of amides is 2. The first-order valence-electron chi connectivity index (χ1n) is 9.60. The molecule has 148 valence electrons. The predicted octanol–water partition coefficient (Wildman–Crippen LogP) is 2.56. The molecule has 4 rings (SSSR count). The van der Waals surface area contributed by atoms with Crippen LogP contribution in [0.1, 0.15) is 0 Å². The molecule has 29 heavy (non-hydrogen) atoms. The van der Waals surface area contributed by atoms with Gasteiger partial charge in [0.15, 0.2) is 0 Å². The minimum atomic E-state index is -0.730. The van der Waals surface area contributed by atoms with Crippen molar-refractivity contribution in [2.45, 2.75) is 0 Å². The third-order valence-electron chi connectivity index (χ3n) is 5.08. The van der Waals surface area contributed by atoms with Gasteiger partial charge in [-0.25, -0.2) is 0 Å². The van der Waals surface area contributed by atoms with E-state index >= 15 is 0 Å². The number of fused-ring (bicyclic) bond motifs is 1. The van der Waals surface area contributed by atoms with E-state index in [1.165, 1.54) is 0 Å². The monoisotopic (exact) mass is 389 g/mol. The van der Waals surface area contributed by atoms with Crippen molar-refractivity contribution in [3.63, 3.8) is 0 Å². The topological polar surface area (TPSA) is 77.6 Å². The van der Waals surface area contributed by atoms with Gasteiger partial charge >= 0.3 is 11.8 Å². The van der Waals surface area contributed by atoms with Gasteiger partial charge in [0, 0.05) is 49.1 Å². The molecule has 1 fully saturated rings. The van der Waals surface area contributed by atoms with Crippen LogP contribution < -0.4 is 15.5 Å². The summed E-state index contributed by atoms with van der Waals surface area (Å²) in [4.78, 5) is 33.6. The molecule has 7 nitrogen and oxygen atoms in total. The Morgan fingerprint density at radius 2 is 1.55 bits per heavy atom. The molecule has 2 N–H and O–H groups in total. The van der Waals surface area contributed by atoms with Gasteiger partial charge in [-0.1, -0.05) is 18.2 Å². The molecule has 1 saturated heterocycles. The van der Waals surface area contributed by atoms with E-state index in [-0.39, 0.29) is 0 Å². The standard InChI is InChI=1S/C22H23N5O2/c1-26-12-14-27(15-13-26)18-9-7-17(8-10-18)24-21(28)22(29)25-19-6-2-4-16-5-3-11-23-20(16)19/h2-11H,12-15H2,1H3,(H,24,28)(H,25,29). The van der Waals surface area contributed by atoms with Crippen LogP contribution in [-0.2, 0) is 9.59 Å². The van der Waals surface area contributed by atoms with Crippen molar-refractivity contribution in [2.24, 2.45) is 0 Å². The Bertz CT molecular complexity index is 1020. The first-order valence-corrected chi connectivity index (χ1v) is 9.60. The van der Waals surface area contributed by atoms with Gasteiger partial charge < -0.3 is 20.4 Å². The number of aromatic nitrogens is 1. The lowest BCUT2D eigenvalue weighted by atomic mass is 10.2. The Kier molecular flexibility index (Phi) is 5.39. The summed E-state index contributed by atoms with van der Waals surface area (Å²) in [6.07, 6.45) is 1.65. The van der Waals surface area contributed by atoms with Crippen LogP contribution in [0.2, 0.25) is 0 Å². The third-order valence-corrected chi connectivity index (χ3v) is 5.08. The lowest BCUT2D eigenvalue weighted by Gasteiger charge is -2.34. The highest BCUT2D eigenvalue weighted by molar-refractivity contribution is 6.44. The molecule has 0 radical (unpaired) electrons. The summed E-state index contributed by atoms with van der Waals surface area (Å²) >= 11 is 0. The Morgan fingerprint density at radius 3 is 2.31 bits per heavy atom. The molecule has 2 heterocycles. The molecule has 0 saturated carbocycles.